The lowest BCUT2D eigenvalue weighted by molar-refractivity contribution is 0.0701. The average molecular weight is 362 g/mol. The molecular weight excluding hydrogens is 344 g/mol. The summed E-state index contributed by atoms with van der Waals surface area (Å²) in [6, 6.07) is 13.4. The Hall–Kier alpha value is -3.35. The van der Waals surface area contributed by atoms with Gasteiger partial charge in [0.2, 0.25) is 5.89 Å². The molecular formula is C20H18N4O3. The maximum atomic E-state index is 12.8. The van der Waals surface area contributed by atoms with E-state index < -0.39 is 0 Å². The summed E-state index contributed by atoms with van der Waals surface area (Å²) in [4.78, 5) is 17.9. The molecule has 1 aliphatic rings. The Morgan fingerprint density at radius 2 is 1.96 bits per heavy atom. The molecule has 0 aliphatic carbocycles. The predicted octanol–water partition coefficient (Wildman–Crippen LogP) is 3.83. The van der Waals surface area contributed by atoms with Crippen molar-refractivity contribution in [3.05, 3.63) is 60.3 Å². The lowest BCUT2D eigenvalue weighted by Crippen LogP contribution is -2.38. The SMILES string of the molecule is O=C(c1cc2ccccc2[nH]1)N1CCC(c2nnc(-c3ccco3)o2)CC1. The second-order valence-electron chi connectivity index (χ2n) is 6.76. The molecule has 1 saturated heterocycles. The fraction of sp³-hybridized carbons (Fsp3) is 0.250. The van der Waals surface area contributed by atoms with Gasteiger partial charge < -0.3 is 18.7 Å². The number of nitrogens with zero attached hydrogens (tertiary/aromatic N) is 3. The van der Waals surface area contributed by atoms with E-state index in [-0.39, 0.29) is 11.8 Å². The van der Waals surface area contributed by atoms with Gasteiger partial charge in [-0.1, -0.05) is 18.2 Å². The van der Waals surface area contributed by atoms with Crippen LogP contribution in [-0.4, -0.2) is 39.1 Å². The third-order valence-corrected chi connectivity index (χ3v) is 5.06. The second kappa shape index (κ2) is 6.42. The molecule has 7 heteroatoms. The molecule has 0 unspecified atom stereocenters. The summed E-state index contributed by atoms with van der Waals surface area (Å²) < 4.78 is 11.1. The molecule has 0 radical (unpaired) electrons. The zero-order valence-corrected chi connectivity index (χ0v) is 14.6. The van der Waals surface area contributed by atoms with E-state index in [0.29, 0.717) is 36.3 Å². The molecule has 4 heterocycles. The highest BCUT2D eigenvalue weighted by Crippen LogP contribution is 2.30. The first kappa shape index (κ1) is 15.9. The van der Waals surface area contributed by atoms with Crippen LogP contribution in [0.3, 0.4) is 0 Å². The number of aromatic amines is 1. The first-order chi connectivity index (χ1) is 13.3. The third-order valence-electron chi connectivity index (χ3n) is 5.06. The lowest BCUT2D eigenvalue weighted by atomic mass is 9.96. The van der Waals surface area contributed by atoms with Gasteiger partial charge in [-0.2, -0.15) is 0 Å². The molecule has 1 aliphatic heterocycles. The number of fused-ring (bicyclic) bond motifs is 1. The van der Waals surface area contributed by atoms with Crippen molar-refractivity contribution >= 4 is 16.8 Å². The Morgan fingerprint density at radius 3 is 2.74 bits per heavy atom. The number of nitrogens with one attached hydrogen (secondary N) is 1. The van der Waals surface area contributed by atoms with E-state index >= 15 is 0 Å². The van der Waals surface area contributed by atoms with E-state index in [2.05, 4.69) is 15.2 Å². The van der Waals surface area contributed by atoms with Crippen molar-refractivity contribution in [3.8, 4) is 11.7 Å². The summed E-state index contributed by atoms with van der Waals surface area (Å²) in [7, 11) is 0. The van der Waals surface area contributed by atoms with Crippen LogP contribution in [0.15, 0.2) is 57.6 Å². The van der Waals surface area contributed by atoms with Crippen LogP contribution in [0.1, 0.15) is 35.1 Å². The first-order valence-electron chi connectivity index (χ1n) is 9.02. The van der Waals surface area contributed by atoms with Crippen molar-refractivity contribution < 1.29 is 13.6 Å². The molecule has 0 atom stereocenters. The van der Waals surface area contributed by atoms with Crippen LogP contribution < -0.4 is 0 Å². The van der Waals surface area contributed by atoms with Gasteiger partial charge in [0.1, 0.15) is 5.69 Å². The van der Waals surface area contributed by atoms with E-state index in [1.165, 1.54) is 0 Å². The molecule has 1 N–H and O–H groups in total. The molecule has 136 valence electrons. The number of para-hydroxylation sites is 1. The van der Waals surface area contributed by atoms with Crippen LogP contribution >= 0.6 is 0 Å². The third kappa shape index (κ3) is 2.91. The number of furan rings is 1. The maximum Gasteiger partial charge on any atom is 0.283 e. The molecule has 0 spiro atoms. The van der Waals surface area contributed by atoms with Gasteiger partial charge in [0.05, 0.1) is 6.26 Å². The van der Waals surface area contributed by atoms with Gasteiger partial charge in [-0.25, -0.2) is 0 Å². The number of H-pyrrole nitrogens is 1. The molecule has 1 amide bonds. The Kier molecular flexibility index (Phi) is 3.78. The van der Waals surface area contributed by atoms with Gasteiger partial charge in [-0.15, -0.1) is 10.2 Å². The van der Waals surface area contributed by atoms with E-state index in [4.69, 9.17) is 8.83 Å². The fourth-order valence-electron chi connectivity index (χ4n) is 3.59. The molecule has 1 aromatic carbocycles. The van der Waals surface area contributed by atoms with Gasteiger partial charge in [0.25, 0.3) is 11.8 Å². The van der Waals surface area contributed by atoms with Crippen LogP contribution in [0.2, 0.25) is 0 Å². The number of hydrogen-bond donors (Lipinski definition) is 1. The van der Waals surface area contributed by atoms with Crippen molar-refractivity contribution in [3.63, 3.8) is 0 Å². The second-order valence-corrected chi connectivity index (χ2v) is 6.76. The smallest absolute Gasteiger partial charge is 0.283 e. The number of likely N-dealkylation sites (tertiary alicyclic amines) is 1. The van der Waals surface area contributed by atoms with Crippen LogP contribution in [0.5, 0.6) is 0 Å². The zero-order chi connectivity index (χ0) is 18.2. The van der Waals surface area contributed by atoms with Crippen LogP contribution in [0.4, 0.5) is 0 Å². The Morgan fingerprint density at radius 1 is 1.11 bits per heavy atom. The standard InChI is InChI=1S/C20H18N4O3/c25-20(16-12-14-4-1-2-5-15(14)21-16)24-9-7-13(8-10-24)18-22-23-19(27-18)17-6-3-11-26-17/h1-6,11-13,21H,7-10H2. The molecule has 1 fully saturated rings. The average Bonchev–Trinajstić information content (AvgIpc) is 3.47. The van der Waals surface area contributed by atoms with Gasteiger partial charge >= 0.3 is 0 Å². The summed E-state index contributed by atoms with van der Waals surface area (Å²) in [5.41, 5.74) is 1.61. The molecule has 0 saturated carbocycles. The minimum Gasteiger partial charge on any atom is -0.459 e. The Balaban J connectivity index is 1.26. The summed E-state index contributed by atoms with van der Waals surface area (Å²) in [5, 5.41) is 9.28. The number of carbonyl (C=O) groups is 1. The summed E-state index contributed by atoms with van der Waals surface area (Å²) >= 11 is 0. The largest absolute Gasteiger partial charge is 0.459 e. The number of benzene rings is 1. The molecule has 0 bridgehead atoms. The minimum absolute atomic E-state index is 0.0338. The number of rotatable bonds is 3. The zero-order valence-electron chi connectivity index (χ0n) is 14.6. The number of hydrogen-bond acceptors (Lipinski definition) is 5. The number of carbonyl (C=O) groups excluding carboxylic acids is 1. The van der Waals surface area contributed by atoms with Crippen LogP contribution in [0, 0.1) is 0 Å². The van der Waals surface area contributed by atoms with E-state index in [0.717, 1.165) is 23.7 Å². The van der Waals surface area contributed by atoms with Crippen molar-refractivity contribution in [1.82, 2.24) is 20.1 Å². The van der Waals surface area contributed by atoms with Gasteiger partial charge in [0, 0.05) is 29.9 Å². The fourth-order valence-corrected chi connectivity index (χ4v) is 3.59. The highest BCUT2D eigenvalue weighted by atomic mass is 16.4. The maximum absolute atomic E-state index is 12.8. The molecule has 27 heavy (non-hydrogen) atoms. The van der Waals surface area contributed by atoms with Crippen LogP contribution in [0.25, 0.3) is 22.6 Å². The lowest BCUT2D eigenvalue weighted by Gasteiger charge is -2.30. The summed E-state index contributed by atoms with van der Waals surface area (Å²) in [6.07, 6.45) is 3.17. The number of amides is 1. The van der Waals surface area contributed by atoms with Crippen LogP contribution in [-0.2, 0) is 0 Å². The molecule has 3 aromatic heterocycles. The van der Waals surface area contributed by atoms with Crippen molar-refractivity contribution in [2.24, 2.45) is 0 Å². The first-order valence-corrected chi connectivity index (χ1v) is 9.02. The van der Waals surface area contributed by atoms with Crippen molar-refractivity contribution in [2.45, 2.75) is 18.8 Å². The van der Waals surface area contributed by atoms with Gasteiger partial charge in [0.15, 0.2) is 5.76 Å². The quantitative estimate of drug-likeness (QED) is 0.598. The van der Waals surface area contributed by atoms with E-state index in [9.17, 15) is 4.79 Å². The highest BCUT2D eigenvalue weighted by molar-refractivity contribution is 5.98. The normalized spacial score (nSPS) is 15.5. The van der Waals surface area contributed by atoms with Gasteiger partial charge in [-0.05, 0) is 37.1 Å². The number of aromatic nitrogens is 3. The highest BCUT2D eigenvalue weighted by Gasteiger charge is 2.28. The summed E-state index contributed by atoms with van der Waals surface area (Å²) in [5.74, 6) is 1.77. The van der Waals surface area contributed by atoms with Crippen molar-refractivity contribution in [1.29, 1.82) is 0 Å². The van der Waals surface area contributed by atoms with E-state index in [1.807, 2.05) is 35.2 Å². The molecule has 5 rings (SSSR count). The molecule has 7 nitrogen and oxygen atoms in total. The molecule has 4 aromatic rings. The number of piperidine rings is 1. The monoisotopic (exact) mass is 362 g/mol. The Labute approximate surface area is 155 Å². The summed E-state index contributed by atoms with van der Waals surface area (Å²) in [6.45, 7) is 1.33. The van der Waals surface area contributed by atoms with Crippen molar-refractivity contribution in [2.75, 3.05) is 13.1 Å². The van der Waals surface area contributed by atoms with E-state index in [1.54, 1.807) is 18.4 Å². The minimum atomic E-state index is 0.0338. The van der Waals surface area contributed by atoms with Gasteiger partial charge in [-0.3, -0.25) is 4.79 Å². The predicted molar refractivity (Wildman–Crippen MR) is 98.2 cm³/mol. The Bertz CT molecular complexity index is 1040. The topological polar surface area (TPSA) is 88.2 Å².